The van der Waals surface area contributed by atoms with Gasteiger partial charge in [0, 0.05) is 20.5 Å². The van der Waals surface area contributed by atoms with Crippen LogP contribution in [0.5, 0.6) is 0 Å². The lowest BCUT2D eigenvalue weighted by Crippen LogP contribution is -2.40. The molecule has 2 unspecified atom stereocenters. The van der Waals surface area contributed by atoms with Gasteiger partial charge in [0.2, 0.25) is 15.9 Å². The number of nitrogens with zero attached hydrogens (tertiary/aromatic N) is 3. The second-order valence-electron chi connectivity index (χ2n) is 7.54. The fraction of sp³-hybridized carbons (Fsp3) is 0.286. The van der Waals surface area contributed by atoms with E-state index < -0.39 is 39.7 Å². The van der Waals surface area contributed by atoms with Gasteiger partial charge in [0.25, 0.3) is 5.91 Å². The minimum Gasteiger partial charge on any atom is -0.368 e. The van der Waals surface area contributed by atoms with E-state index in [1.54, 1.807) is 19.1 Å². The summed E-state index contributed by atoms with van der Waals surface area (Å²) in [6.45, 7) is 1.74. The molecule has 1 aliphatic rings. The number of sulfonamides is 1. The number of nitrogens with two attached hydrogens (primary N) is 1. The molecule has 1 aliphatic heterocycles. The highest BCUT2D eigenvalue weighted by Gasteiger charge is 2.35. The first-order chi connectivity index (χ1) is 15.0. The van der Waals surface area contributed by atoms with Crippen molar-refractivity contribution >= 4 is 33.2 Å². The Morgan fingerprint density at radius 2 is 1.75 bits per heavy atom. The lowest BCUT2D eigenvalue weighted by atomic mass is 10.1. The molecule has 0 radical (unpaired) electrons. The second-order valence-corrected chi connectivity index (χ2v) is 9.69. The number of hydrogen-bond acceptors (Lipinski definition) is 6. The number of carbonyl (C=O) groups excluding carboxylic acids is 2. The molecule has 2 aromatic rings. The van der Waals surface area contributed by atoms with Crippen LogP contribution in [0.3, 0.4) is 0 Å². The molecule has 0 fully saturated rings. The van der Waals surface area contributed by atoms with Crippen LogP contribution in [0.25, 0.3) is 0 Å². The van der Waals surface area contributed by atoms with Crippen LogP contribution in [-0.2, 0) is 19.6 Å². The SMILES string of the molecule is CC(NC(=O)C1=NN(c2ccc(F)cc2)C(C(N)=O)C1)c1ccc(S(=O)(=O)N(C)C)cc1. The van der Waals surface area contributed by atoms with Crippen molar-refractivity contribution in [2.75, 3.05) is 19.1 Å². The zero-order chi connectivity index (χ0) is 23.6. The molecule has 3 N–H and O–H groups in total. The molecule has 9 nitrogen and oxygen atoms in total. The fourth-order valence-corrected chi connectivity index (χ4v) is 4.11. The zero-order valence-electron chi connectivity index (χ0n) is 17.8. The van der Waals surface area contributed by atoms with Gasteiger partial charge in [-0.25, -0.2) is 17.1 Å². The number of anilines is 1. The molecular formula is C21H24FN5O4S. The molecule has 0 bridgehead atoms. The van der Waals surface area contributed by atoms with Gasteiger partial charge >= 0.3 is 0 Å². The molecule has 170 valence electrons. The quantitative estimate of drug-likeness (QED) is 0.644. The first kappa shape index (κ1) is 23.4. The van der Waals surface area contributed by atoms with Crippen molar-refractivity contribution < 1.29 is 22.4 Å². The van der Waals surface area contributed by atoms with E-state index in [2.05, 4.69) is 10.4 Å². The lowest BCUT2D eigenvalue weighted by Gasteiger charge is -2.20. The van der Waals surface area contributed by atoms with Gasteiger partial charge in [-0.2, -0.15) is 5.10 Å². The van der Waals surface area contributed by atoms with Crippen LogP contribution >= 0.6 is 0 Å². The first-order valence-electron chi connectivity index (χ1n) is 9.75. The Bertz CT molecular complexity index is 1150. The van der Waals surface area contributed by atoms with Crippen molar-refractivity contribution in [3.63, 3.8) is 0 Å². The van der Waals surface area contributed by atoms with Crippen LogP contribution in [0, 0.1) is 5.82 Å². The molecule has 3 rings (SSSR count). The maximum atomic E-state index is 13.2. The van der Waals surface area contributed by atoms with Crippen molar-refractivity contribution in [1.82, 2.24) is 9.62 Å². The van der Waals surface area contributed by atoms with Crippen molar-refractivity contribution in [1.29, 1.82) is 0 Å². The van der Waals surface area contributed by atoms with Crippen molar-refractivity contribution in [2.24, 2.45) is 10.8 Å². The number of carbonyl (C=O) groups is 2. The van der Waals surface area contributed by atoms with E-state index in [0.29, 0.717) is 11.3 Å². The largest absolute Gasteiger partial charge is 0.368 e. The van der Waals surface area contributed by atoms with Gasteiger partial charge in [0.05, 0.1) is 16.6 Å². The lowest BCUT2D eigenvalue weighted by molar-refractivity contribution is -0.119. The Morgan fingerprint density at radius 3 is 2.28 bits per heavy atom. The van der Waals surface area contributed by atoms with E-state index in [1.807, 2.05) is 0 Å². The predicted molar refractivity (Wildman–Crippen MR) is 118 cm³/mol. The molecular weight excluding hydrogens is 437 g/mol. The summed E-state index contributed by atoms with van der Waals surface area (Å²) in [6.07, 6.45) is 0.00524. The summed E-state index contributed by atoms with van der Waals surface area (Å²) < 4.78 is 38.7. The number of hydrazone groups is 1. The summed E-state index contributed by atoms with van der Waals surface area (Å²) >= 11 is 0. The number of nitrogens with one attached hydrogen (secondary N) is 1. The van der Waals surface area contributed by atoms with Crippen LogP contribution < -0.4 is 16.1 Å². The number of primary amides is 1. The molecule has 32 heavy (non-hydrogen) atoms. The van der Waals surface area contributed by atoms with E-state index >= 15 is 0 Å². The van der Waals surface area contributed by atoms with Crippen LogP contribution in [0.4, 0.5) is 10.1 Å². The van der Waals surface area contributed by atoms with E-state index in [-0.39, 0.29) is 17.0 Å². The summed E-state index contributed by atoms with van der Waals surface area (Å²) in [7, 11) is -0.656. The summed E-state index contributed by atoms with van der Waals surface area (Å²) in [6, 6.07) is 10.2. The van der Waals surface area contributed by atoms with Crippen LogP contribution in [0.1, 0.15) is 24.9 Å². The molecule has 0 aliphatic carbocycles. The van der Waals surface area contributed by atoms with E-state index in [9.17, 15) is 22.4 Å². The molecule has 0 saturated carbocycles. The molecule has 2 amide bonds. The average molecular weight is 462 g/mol. The number of benzene rings is 2. The minimum absolute atomic E-state index is 0.00524. The van der Waals surface area contributed by atoms with Crippen LogP contribution in [-0.4, -0.2) is 50.4 Å². The van der Waals surface area contributed by atoms with Gasteiger partial charge in [0.1, 0.15) is 17.6 Å². The summed E-state index contributed by atoms with van der Waals surface area (Å²) in [5, 5.41) is 8.33. The first-order valence-corrected chi connectivity index (χ1v) is 11.2. The highest BCUT2D eigenvalue weighted by Crippen LogP contribution is 2.25. The zero-order valence-corrected chi connectivity index (χ0v) is 18.6. The third-order valence-electron chi connectivity index (χ3n) is 5.10. The summed E-state index contributed by atoms with van der Waals surface area (Å²) in [4.78, 5) is 24.8. The monoisotopic (exact) mass is 461 g/mol. The van der Waals surface area contributed by atoms with Crippen molar-refractivity contribution in [3.8, 4) is 0 Å². The van der Waals surface area contributed by atoms with Crippen molar-refractivity contribution in [2.45, 2.75) is 30.3 Å². The normalized spacial score (nSPS) is 17.2. The third kappa shape index (κ3) is 4.78. The van der Waals surface area contributed by atoms with Gasteiger partial charge in [-0.15, -0.1) is 0 Å². The maximum Gasteiger partial charge on any atom is 0.268 e. The Hall–Kier alpha value is -3.31. The molecule has 0 aromatic heterocycles. The highest BCUT2D eigenvalue weighted by atomic mass is 32.2. The Morgan fingerprint density at radius 1 is 1.16 bits per heavy atom. The van der Waals surface area contributed by atoms with Gasteiger partial charge in [-0.3, -0.25) is 14.6 Å². The fourth-order valence-electron chi connectivity index (χ4n) is 3.20. The van der Waals surface area contributed by atoms with E-state index in [4.69, 9.17) is 5.73 Å². The summed E-state index contributed by atoms with van der Waals surface area (Å²) in [5.74, 6) is -1.59. The Kier molecular flexibility index (Phi) is 6.60. The van der Waals surface area contributed by atoms with Gasteiger partial charge in [0.15, 0.2) is 0 Å². The van der Waals surface area contributed by atoms with Crippen molar-refractivity contribution in [3.05, 3.63) is 59.9 Å². The predicted octanol–water partition coefficient (Wildman–Crippen LogP) is 1.37. The van der Waals surface area contributed by atoms with Gasteiger partial charge in [-0.05, 0) is 48.9 Å². The average Bonchev–Trinajstić information content (AvgIpc) is 3.20. The third-order valence-corrected chi connectivity index (χ3v) is 6.93. The minimum atomic E-state index is -3.55. The van der Waals surface area contributed by atoms with Gasteiger partial charge < -0.3 is 11.1 Å². The van der Waals surface area contributed by atoms with E-state index in [0.717, 1.165) is 4.31 Å². The van der Waals surface area contributed by atoms with Gasteiger partial charge in [-0.1, -0.05) is 12.1 Å². The molecule has 0 saturated heterocycles. The standard InChI is InChI=1S/C21H24FN5O4S/c1-13(14-4-10-17(11-5-14)32(30,31)26(2)3)24-21(29)18-12-19(20(23)28)27(25-18)16-8-6-15(22)7-9-16/h4-11,13,19H,12H2,1-3H3,(H2,23,28)(H,24,29). The number of rotatable bonds is 7. The molecule has 1 heterocycles. The smallest absolute Gasteiger partial charge is 0.268 e. The number of halogens is 1. The van der Waals surface area contributed by atoms with Crippen LogP contribution in [0.15, 0.2) is 58.5 Å². The number of hydrogen-bond donors (Lipinski definition) is 2. The molecule has 2 atom stereocenters. The Labute approximate surface area is 185 Å². The topological polar surface area (TPSA) is 125 Å². The second kappa shape index (κ2) is 9.05. The Balaban J connectivity index is 1.75. The maximum absolute atomic E-state index is 13.2. The van der Waals surface area contributed by atoms with E-state index in [1.165, 1.54) is 55.5 Å². The summed E-state index contributed by atoms with van der Waals surface area (Å²) in [5.41, 5.74) is 6.70. The molecule has 11 heteroatoms. The van der Waals surface area contributed by atoms with Crippen LogP contribution in [0.2, 0.25) is 0 Å². The molecule has 0 spiro atoms. The number of amides is 2. The molecule has 2 aromatic carbocycles. The highest BCUT2D eigenvalue weighted by molar-refractivity contribution is 7.89.